The molecule has 4 heteroatoms. The first-order chi connectivity index (χ1) is 12.2. The van der Waals surface area contributed by atoms with Gasteiger partial charge in [0.15, 0.2) is 0 Å². The molecule has 1 N–H and O–H groups in total. The summed E-state index contributed by atoms with van der Waals surface area (Å²) in [6, 6.07) is 16.6. The Balaban J connectivity index is 1.68. The SMILES string of the molecule is O=C(C1CCCNC1)N1Cc2cc(Cl)ccc2CC1c1ccccc1. The largest absolute Gasteiger partial charge is 0.331 e. The van der Waals surface area contributed by atoms with Crippen molar-refractivity contribution in [3.8, 4) is 0 Å². The van der Waals surface area contributed by atoms with Crippen LogP contribution in [0.5, 0.6) is 0 Å². The third kappa shape index (κ3) is 3.44. The first-order valence-corrected chi connectivity index (χ1v) is 9.43. The Morgan fingerprint density at radius 1 is 1.12 bits per heavy atom. The van der Waals surface area contributed by atoms with Gasteiger partial charge in [0.2, 0.25) is 5.91 Å². The maximum Gasteiger partial charge on any atom is 0.227 e. The minimum absolute atomic E-state index is 0.0840. The highest BCUT2D eigenvalue weighted by Crippen LogP contribution is 2.35. The number of carbonyl (C=O) groups is 1. The van der Waals surface area contributed by atoms with Crippen molar-refractivity contribution in [2.45, 2.75) is 31.8 Å². The van der Waals surface area contributed by atoms with Crippen LogP contribution in [0.3, 0.4) is 0 Å². The monoisotopic (exact) mass is 354 g/mol. The van der Waals surface area contributed by atoms with Gasteiger partial charge in [0.25, 0.3) is 0 Å². The van der Waals surface area contributed by atoms with Crippen molar-refractivity contribution in [1.29, 1.82) is 0 Å². The quantitative estimate of drug-likeness (QED) is 0.885. The molecule has 2 aliphatic heterocycles. The van der Waals surface area contributed by atoms with Gasteiger partial charge in [-0.25, -0.2) is 0 Å². The molecule has 130 valence electrons. The van der Waals surface area contributed by atoms with Crippen molar-refractivity contribution < 1.29 is 4.79 Å². The lowest BCUT2D eigenvalue weighted by molar-refractivity contribution is -0.140. The van der Waals surface area contributed by atoms with E-state index in [9.17, 15) is 4.79 Å². The lowest BCUT2D eigenvalue weighted by atomic mass is 9.88. The van der Waals surface area contributed by atoms with E-state index in [1.165, 1.54) is 16.7 Å². The average molecular weight is 355 g/mol. The van der Waals surface area contributed by atoms with Gasteiger partial charge in [0.05, 0.1) is 12.0 Å². The lowest BCUT2D eigenvalue weighted by Crippen LogP contribution is -2.46. The van der Waals surface area contributed by atoms with E-state index in [0.717, 1.165) is 37.4 Å². The van der Waals surface area contributed by atoms with Crippen molar-refractivity contribution in [3.05, 3.63) is 70.2 Å². The van der Waals surface area contributed by atoms with Crippen molar-refractivity contribution in [2.24, 2.45) is 5.92 Å². The summed E-state index contributed by atoms with van der Waals surface area (Å²) < 4.78 is 0. The number of amides is 1. The van der Waals surface area contributed by atoms with Gasteiger partial charge >= 0.3 is 0 Å². The summed E-state index contributed by atoms with van der Waals surface area (Å²) in [6.07, 6.45) is 2.90. The number of benzene rings is 2. The molecule has 0 aromatic heterocycles. The van der Waals surface area contributed by atoms with E-state index in [-0.39, 0.29) is 17.9 Å². The topological polar surface area (TPSA) is 32.3 Å². The molecule has 0 bridgehead atoms. The number of halogens is 1. The normalized spacial score (nSPS) is 23.2. The molecule has 2 aromatic carbocycles. The van der Waals surface area contributed by atoms with Gasteiger partial charge < -0.3 is 10.2 Å². The summed E-state index contributed by atoms with van der Waals surface area (Å²) in [5.74, 6) is 0.354. The zero-order chi connectivity index (χ0) is 17.2. The summed E-state index contributed by atoms with van der Waals surface area (Å²) in [6.45, 7) is 2.45. The third-order valence-electron chi connectivity index (χ3n) is 5.41. The van der Waals surface area contributed by atoms with Crippen LogP contribution in [-0.2, 0) is 17.8 Å². The summed E-state index contributed by atoms with van der Waals surface area (Å²) in [5, 5.41) is 4.11. The van der Waals surface area contributed by atoms with Gasteiger partial charge in [-0.15, -0.1) is 0 Å². The molecule has 2 atom stereocenters. The van der Waals surface area contributed by atoms with Crippen molar-refractivity contribution in [1.82, 2.24) is 10.2 Å². The third-order valence-corrected chi connectivity index (χ3v) is 5.65. The van der Waals surface area contributed by atoms with Gasteiger partial charge in [-0.3, -0.25) is 4.79 Å². The van der Waals surface area contributed by atoms with Gasteiger partial charge in [-0.2, -0.15) is 0 Å². The first-order valence-electron chi connectivity index (χ1n) is 9.06. The Bertz CT molecular complexity index is 756. The predicted octanol–water partition coefficient (Wildman–Crippen LogP) is 3.97. The number of rotatable bonds is 2. The van der Waals surface area contributed by atoms with E-state index in [2.05, 4.69) is 40.5 Å². The van der Waals surface area contributed by atoms with Crippen LogP contribution in [0.4, 0.5) is 0 Å². The van der Waals surface area contributed by atoms with E-state index in [1.807, 2.05) is 18.2 Å². The minimum atomic E-state index is 0.0840. The predicted molar refractivity (Wildman–Crippen MR) is 100 cm³/mol. The van der Waals surface area contributed by atoms with Crippen LogP contribution in [-0.4, -0.2) is 23.9 Å². The van der Waals surface area contributed by atoms with Crippen molar-refractivity contribution in [3.63, 3.8) is 0 Å². The molecule has 2 aliphatic rings. The van der Waals surface area contributed by atoms with Crippen molar-refractivity contribution >= 4 is 17.5 Å². The number of fused-ring (bicyclic) bond motifs is 1. The Morgan fingerprint density at radius 3 is 2.72 bits per heavy atom. The molecule has 1 saturated heterocycles. The Labute approximate surface area is 154 Å². The highest BCUT2D eigenvalue weighted by Gasteiger charge is 2.34. The second-order valence-corrected chi connectivity index (χ2v) is 7.49. The molecule has 0 radical (unpaired) electrons. The molecular weight excluding hydrogens is 332 g/mol. The van der Waals surface area contributed by atoms with E-state index in [1.54, 1.807) is 0 Å². The molecule has 2 aromatic rings. The Kier molecular flexibility index (Phi) is 4.78. The Hall–Kier alpha value is -1.84. The zero-order valence-electron chi connectivity index (χ0n) is 14.2. The lowest BCUT2D eigenvalue weighted by Gasteiger charge is -2.40. The summed E-state index contributed by atoms with van der Waals surface area (Å²) in [7, 11) is 0. The molecule has 3 nitrogen and oxygen atoms in total. The highest BCUT2D eigenvalue weighted by molar-refractivity contribution is 6.30. The average Bonchev–Trinajstić information content (AvgIpc) is 2.67. The number of piperidine rings is 1. The van der Waals surface area contributed by atoms with Gasteiger partial charge in [-0.05, 0) is 54.6 Å². The molecule has 2 unspecified atom stereocenters. The smallest absolute Gasteiger partial charge is 0.227 e. The molecule has 2 heterocycles. The zero-order valence-corrected chi connectivity index (χ0v) is 15.0. The number of nitrogens with one attached hydrogen (secondary N) is 1. The van der Waals surface area contributed by atoms with Gasteiger partial charge in [0.1, 0.15) is 0 Å². The number of hydrogen-bond acceptors (Lipinski definition) is 2. The van der Waals surface area contributed by atoms with Crippen LogP contribution in [0.15, 0.2) is 48.5 Å². The van der Waals surface area contributed by atoms with Crippen LogP contribution < -0.4 is 5.32 Å². The standard InChI is InChI=1S/C21H23ClN2O/c22-19-9-8-16-12-20(15-5-2-1-3-6-15)24(14-18(16)11-19)21(25)17-7-4-10-23-13-17/h1-3,5-6,8-9,11,17,20,23H,4,7,10,12-14H2. The fourth-order valence-corrected chi connectivity index (χ4v) is 4.25. The highest BCUT2D eigenvalue weighted by atomic mass is 35.5. The molecule has 0 saturated carbocycles. The second-order valence-electron chi connectivity index (χ2n) is 7.05. The van der Waals surface area contributed by atoms with Crippen LogP contribution in [0.25, 0.3) is 0 Å². The van der Waals surface area contributed by atoms with Crippen LogP contribution in [0.1, 0.15) is 35.6 Å². The summed E-state index contributed by atoms with van der Waals surface area (Å²) >= 11 is 6.19. The molecular formula is C21H23ClN2O. The van der Waals surface area contributed by atoms with Gasteiger partial charge in [0, 0.05) is 18.1 Å². The summed E-state index contributed by atoms with van der Waals surface area (Å²) in [4.78, 5) is 15.4. The summed E-state index contributed by atoms with van der Waals surface area (Å²) in [5.41, 5.74) is 3.68. The number of nitrogens with zero attached hydrogens (tertiary/aromatic N) is 1. The molecule has 4 rings (SSSR count). The van der Waals surface area contributed by atoms with Crippen LogP contribution in [0.2, 0.25) is 5.02 Å². The van der Waals surface area contributed by atoms with E-state index in [0.29, 0.717) is 6.54 Å². The van der Waals surface area contributed by atoms with E-state index < -0.39 is 0 Å². The molecule has 1 amide bonds. The molecule has 25 heavy (non-hydrogen) atoms. The Morgan fingerprint density at radius 2 is 1.96 bits per heavy atom. The van der Waals surface area contributed by atoms with Gasteiger partial charge in [-0.1, -0.05) is 48.0 Å². The first kappa shape index (κ1) is 16.6. The maximum absolute atomic E-state index is 13.3. The number of carbonyl (C=O) groups excluding carboxylic acids is 1. The molecule has 1 fully saturated rings. The molecule has 0 aliphatic carbocycles. The van der Waals surface area contributed by atoms with Crippen molar-refractivity contribution in [2.75, 3.05) is 13.1 Å². The van der Waals surface area contributed by atoms with E-state index >= 15 is 0 Å². The molecule has 0 spiro atoms. The fourth-order valence-electron chi connectivity index (χ4n) is 4.05. The van der Waals surface area contributed by atoms with Crippen LogP contribution >= 0.6 is 11.6 Å². The van der Waals surface area contributed by atoms with E-state index in [4.69, 9.17) is 11.6 Å². The number of hydrogen-bond donors (Lipinski definition) is 1. The minimum Gasteiger partial charge on any atom is -0.331 e. The fraction of sp³-hybridized carbons (Fsp3) is 0.381. The maximum atomic E-state index is 13.3. The second kappa shape index (κ2) is 7.19. The van der Waals surface area contributed by atoms with Crippen LogP contribution in [0, 0.1) is 5.92 Å².